The summed E-state index contributed by atoms with van der Waals surface area (Å²) in [7, 11) is 0. The van der Waals surface area contributed by atoms with E-state index in [9.17, 15) is 17.6 Å². The van der Waals surface area contributed by atoms with Crippen LogP contribution in [-0.2, 0) is 6.54 Å². The highest BCUT2D eigenvalue weighted by molar-refractivity contribution is 5.08. The Bertz CT molecular complexity index is 411. The maximum Gasteiger partial charge on any atom is 0.314 e. The summed E-state index contributed by atoms with van der Waals surface area (Å²) in [6, 6.07) is 0. The first-order valence-electron chi connectivity index (χ1n) is 5.51. The molecule has 1 fully saturated rings. The van der Waals surface area contributed by atoms with Crippen LogP contribution in [0, 0.1) is 5.92 Å². The second-order valence-corrected chi connectivity index (χ2v) is 4.85. The lowest BCUT2D eigenvalue weighted by molar-refractivity contribution is -0.316. The van der Waals surface area contributed by atoms with Gasteiger partial charge in [-0.25, -0.2) is 4.98 Å². The van der Waals surface area contributed by atoms with E-state index in [2.05, 4.69) is 4.98 Å². The van der Waals surface area contributed by atoms with E-state index in [0.29, 0.717) is 0 Å². The average molecular weight is 250 g/mol. The molecule has 1 aliphatic carbocycles. The van der Waals surface area contributed by atoms with Gasteiger partial charge >= 0.3 is 11.8 Å². The molecule has 1 aromatic heterocycles. The molecule has 0 N–H and O–H groups in total. The molecule has 1 atom stereocenters. The molecular formula is C11H14F4N2. The predicted molar refractivity (Wildman–Crippen MR) is 54.3 cm³/mol. The van der Waals surface area contributed by atoms with E-state index in [0.717, 1.165) is 5.69 Å². The summed E-state index contributed by atoms with van der Waals surface area (Å²) < 4.78 is 53.1. The molecule has 0 radical (unpaired) electrons. The Morgan fingerprint density at radius 2 is 2.06 bits per heavy atom. The molecule has 1 aromatic rings. The van der Waals surface area contributed by atoms with Gasteiger partial charge in [-0.2, -0.15) is 17.6 Å². The van der Waals surface area contributed by atoms with Crippen molar-refractivity contribution < 1.29 is 17.6 Å². The summed E-state index contributed by atoms with van der Waals surface area (Å²) in [5.41, 5.74) is 0.788. The van der Waals surface area contributed by atoms with Crippen LogP contribution in [0.5, 0.6) is 0 Å². The smallest absolute Gasteiger partial charge is 0.314 e. The van der Waals surface area contributed by atoms with Gasteiger partial charge in [-0.05, 0) is 5.92 Å². The molecule has 96 valence electrons. The largest absolute Gasteiger partial charge is 0.334 e. The van der Waals surface area contributed by atoms with Gasteiger partial charge in [0.05, 0.1) is 12.2 Å². The number of rotatable bonds is 3. The first-order chi connectivity index (χ1) is 7.75. The second-order valence-electron chi connectivity index (χ2n) is 4.85. The van der Waals surface area contributed by atoms with E-state index in [-0.39, 0.29) is 12.5 Å². The molecule has 0 amide bonds. The Kier molecular flexibility index (Phi) is 2.71. The third kappa shape index (κ3) is 1.83. The first kappa shape index (κ1) is 12.4. The Morgan fingerprint density at radius 1 is 1.41 bits per heavy atom. The zero-order chi connectivity index (χ0) is 12.8. The molecule has 1 aliphatic rings. The third-order valence-electron chi connectivity index (χ3n) is 3.26. The molecule has 1 unspecified atom stereocenters. The van der Waals surface area contributed by atoms with Crippen molar-refractivity contribution >= 4 is 0 Å². The van der Waals surface area contributed by atoms with Gasteiger partial charge in [0.1, 0.15) is 0 Å². The molecular weight excluding hydrogens is 236 g/mol. The topological polar surface area (TPSA) is 17.8 Å². The molecule has 0 saturated heterocycles. The van der Waals surface area contributed by atoms with E-state index in [1.54, 1.807) is 10.8 Å². The summed E-state index contributed by atoms with van der Waals surface area (Å²) in [5.74, 6) is -8.92. The zero-order valence-corrected chi connectivity index (χ0v) is 9.63. The maximum absolute atomic E-state index is 13.1. The van der Waals surface area contributed by atoms with Crippen LogP contribution in [0.2, 0.25) is 0 Å². The van der Waals surface area contributed by atoms with Crippen molar-refractivity contribution in [1.82, 2.24) is 9.55 Å². The summed E-state index contributed by atoms with van der Waals surface area (Å²) in [6.07, 6.45) is 2.25. The minimum absolute atomic E-state index is 0.101. The van der Waals surface area contributed by atoms with Crippen LogP contribution in [0.3, 0.4) is 0 Å². The molecule has 6 heteroatoms. The van der Waals surface area contributed by atoms with Gasteiger partial charge in [0.15, 0.2) is 0 Å². The van der Waals surface area contributed by atoms with Crippen molar-refractivity contribution in [2.24, 2.45) is 5.92 Å². The Balaban J connectivity index is 2.11. The molecule has 1 heterocycles. The van der Waals surface area contributed by atoms with Gasteiger partial charge in [-0.3, -0.25) is 0 Å². The van der Waals surface area contributed by atoms with Gasteiger partial charge in [-0.15, -0.1) is 0 Å². The van der Waals surface area contributed by atoms with Crippen molar-refractivity contribution in [3.05, 3.63) is 18.2 Å². The lowest BCUT2D eigenvalue weighted by Crippen LogP contribution is -2.59. The monoisotopic (exact) mass is 250 g/mol. The van der Waals surface area contributed by atoms with Crippen LogP contribution in [0.25, 0.3) is 0 Å². The first-order valence-corrected chi connectivity index (χ1v) is 5.51. The fourth-order valence-electron chi connectivity index (χ4n) is 2.12. The summed E-state index contributed by atoms with van der Waals surface area (Å²) in [5, 5.41) is 0. The van der Waals surface area contributed by atoms with Crippen molar-refractivity contribution in [3.8, 4) is 0 Å². The van der Waals surface area contributed by atoms with Gasteiger partial charge in [0.2, 0.25) is 0 Å². The van der Waals surface area contributed by atoms with Crippen LogP contribution >= 0.6 is 0 Å². The fraction of sp³-hybridized carbons (Fsp3) is 0.727. The number of hydrogen-bond donors (Lipinski definition) is 0. The highest BCUT2D eigenvalue weighted by atomic mass is 19.3. The van der Waals surface area contributed by atoms with E-state index in [1.807, 2.05) is 13.8 Å². The van der Waals surface area contributed by atoms with Crippen LogP contribution in [0.1, 0.15) is 31.9 Å². The predicted octanol–water partition coefficient (Wildman–Crippen LogP) is 3.30. The van der Waals surface area contributed by atoms with Crippen molar-refractivity contribution in [2.45, 2.75) is 44.6 Å². The average Bonchev–Trinajstić information content (AvgIpc) is 2.64. The molecule has 2 nitrogen and oxygen atoms in total. The quantitative estimate of drug-likeness (QED) is 0.753. The zero-order valence-electron chi connectivity index (χ0n) is 9.63. The van der Waals surface area contributed by atoms with Gasteiger partial charge in [-0.1, -0.05) is 13.8 Å². The van der Waals surface area contributed by atoms with Crippen LogP contribution < -0.4 is 0 Å². The fourth-order valence-corrected chi connectivity index (χ4v) is 2.12. The Morgan fingerprint density at radius 3 is 2.53 bits per heavy atom. The normalized spacial score (nSPS) is 25.9. The van der Waals surface area contributed by atoms with E-state index < -0.39 is 24.2 Å². The molecule has 17 heavy (non-hydrogen) atoms. The van der Waals surface area contributed by atoms with Crippen LogP contribution in [-0.4, -0.2) is 21.4 Å². The molecule has 0 aliphatic heterocycles. The Hall–Kier alpha value is -1.07. The number of halogens is 4. The number of alkyl halides is 4. The van der Waals surface area contributed by atoms with Crippen LogP contribution in [0.4, 0.5) is 17.6 Å². The summed E-state index contributed by atoms with van der Waals surface area (Å²) in [6.45, 7) is 3.71. The molecule has 0 aromatic carbocycles. The van der Waals surface area contributed by atoms with E-state index in [1.165, 1.54) is 6.33 Å². The number of hydrogen-bond acceptors (Lipinski definition) is 1. The van der Waals surface area contributed by atoms with Crippen LogP contribution in [0.15, 0.2) is 12.5 Å². The van der Waals surface area contributed by atoms with Crippen molar-refractivity contribution in [2.75, 3.05) is 0 Å². The van der Waals surface area contributed by atoms with Gasteiger partial charge < -0.3 is 4.57 Å². The third-order valence-corrected chi connectivity index (χ3v) is 3.26. The second kappa shape index (κ2) is 3.71. The van der Waals surface area contributed by atoms with Crippen molar-refractivity contribution in [1.29, 1.82) is 0 Å². The van der Waals surface area contributed by atoms with Crippen molar-refractivity contribution in [3.63, 3.8) is 0 Å². The summed E-state index contributed by atoms with van der Waals surface area (Å²) in [4.78, 5) is 3.87. The van der Waals surface area contributed by atoms with E-state index in [4.69, 9.17) is 0 Å². The molecule has 0 spiro atoms. The molecule has 2 rings (SSSR count). The number of imidazole rings is 1. The minimum Gasteiger partial charge on any atom is -0.334 e. The lowest BCUT2D eigenvalue weighted by Gasteiger charge is -2.44. The maximum atomic E-state index is 13.1. The highest BCUT2D eigenvalue weighted by Gasteiger charge is 2.71. The molecule has 0 bridgehead atoms. The number of nitrogens with zero attached hydrogens (tertiary/aromatic N) is 2. The minimum atomic E-state index is -3.90. The number of aromatic nitrogens is 2. The van der Waals surface area contributed by atoms with Gasteiger partial charge in [0.25, 0.3) is 0 Å². The van der Waals surface area contributed by atoms with Gasteiger partial charge in [0, 0.05) is 24.9 Å². The highest BCUT2D eigenvalue weighted by Crippen LogP contribution is 2.55. The SMILES string of the molecule is CC(C)c1cncn1CC1CC(F)(F)C1(F)F. The standard InChI is InChI=1S/C11H14F4N2/c1-7(2)9-4-16-6-17(9)5-8-3-10(12,13)11(8,14)15/h4,6-8H,3,5H2,1-2H3. The summed E-state index contributed by atoms with van der Waals surface area (Å²) >= 11 is 0. The lowest BCUT2D eigenvalue weighted by atomic mass is 9.76. The Labute approximate surface area is 96.6 Å². The van der Waals surface area contributed by atoms with E-state index >= 15 is 0 Å². The molecule has 1 saturated carbocycles.